The van der Waals surface area contributed by atoms with E-state index in [4.69, 9.17) is 0 Å². The van der Waals surface area contributed by atoms with Gasteiger partial charge in [-0.2, -0.15) is 0 Å². The number of piperidine rings is 1. The number of likely N-dealkylation sites (tertiary alicyclic amines) is 1. The molecular formula is C31H32FN3O2. The SMILES string of the molecule is O=C(c1ccc(-c2ccccc2F)cc1)N1CCC2(CC1)CC2C(=O)N1CCN(c2ccccc2)CC1. The highest BCUT2D eigenvalue weighted by atomic mass is 19.1. The Morgan fingerprint density at radius 3 is 2.05 bits per heavy atom. The minimum atomic E-state index is -0.269. The molecule has 0 aromatic heterocycles. The van der Waals surface area contributed by atoms with Crippen molar-refractivity contribution in [3.05, 3.63) is 90.2 Å². The number of anilines is 1. The summed E-state index contributed by atoms with van der Waals surface area (Å²) in [4.78, 5) is 32.7. The molecule has 6 heteroatoms. The lowest BCUT2D eigenvalue weighted by atomic mass is 9.90. The third-order valence-electron chi connectivity index (χ3n) is 8.56. The van der Waals surface area contributed by atoms with E-state index >= 15 is 0 Å². The number of piperazine rings is 1. The number of rotatable bonds is 4. The van der Waals surface area contributed by atoms with Crippen molar-refractivity contribution < 1.29 is 14.0 Å². The van der Waals surface area contributed by atoms with Crippen LogP contribution in [0, 0.1) is 17.2 Å². The molecular weight excluding hydrogens is 465 g/mol. The summed E-state index contributed by atoms with van der Waals surface area (Å²) in [5, 5.41) is 0. The molecule has 0 bridgehead atoms. The maximum Gasteiger partial charge on any atom is 0.253 e. The van der Waals surface area contributed by atoms with Crippen LogP contribution in [-0.4, -0.2) is 60.9 Å². The van der Waals surface area contributed by atoms with Gasteiger partial charge in [0.1, 0.15) is 5.82 Å². The Kier molecular flexibility index (Phi) is 6.19. The van der Waals surface area contributed by atoms with Gasteiger partial charge in [0.15, 0.2) is 0 Å². The van der Waals surface area contributed by atoms with Crippen LogP contribution in [0.5, 0.6) is 0 Å². The molecule has 2 saturated heterocycles. The molecule has 2 aliphatic heterocycles. The van der Waals surface area contributed by atoms with Crippen molar-refractivity contribution in [2.45, 2.75) is 19.3 Å². The highest BCUT2D eigenvalue weighted by Crippen LogP contribution is 2.60. The van der Waals surface area contributed by atoms with Crippen molar-refractivity contribution in [3.8, 4) is 11.1 Å². The molecule has 5 nitrogen and oxygen atoms in total. The Labute approximate surface area is 217 Å². The molecule has 0 radical (unpaired) electrons. The number of benzene rings is 3. The largest absolute Gasteiger partial charge is 0.368 e. The van der Waals surface area contributed by atoms with Crippen molar-refractivity contribution in [2.24, 2.45) is 11.3 Å². The summed E-state index contributed by atoms with van der Waals surface area (Å²) < 4.78 is 14.1. The smallest absolute Gasteiger partial charge is 0.253 e. The molecule has 2 amide bonds. The van der Waals surface area contributed by atoms with Crippen LogP contribution in [0.1, 0.15) is 29.6 Å². The number of hydrogen-bond donors (Lipinski definition) is 0. The van der Waals surface area contributed by atoms with Crippen LogP contribution in [0.2, 0.25) is 0 Å². The molecule has 3 aliphatic rings. The summed E-state index contributed by atoms with van der Waals surface area (Å²) in [6, 6.07) is 24.2. The molecule has 1 atom stereocenters. The number of para-hydroxylation sites is 1. The molecule has 1 aliphatic carbocycles. The molecule has 1 spiro atoms. The summed E-state index contributed by atoms with van der Waals surface area (Å²) in [5.41, 5.74) is 3.20. The number of halogens is 1. The molecule has 1 unspecified atom stereocenters. The van der Waals surface area contributed by atoms with Gasteiger partial charge in [0.2, 0.25) is 5.91 Å². The van der Waals surface area contributed by atoms with Gasteiger partial charge in [-0.25, -0.2) is 4.39 Å². The second-order valence-electron chi connectivity index (χ2n) is 10.6. The molecule has 2 heterocycles. The van der Waals surface area contributed by atoms with E-state index in [1.807, 2.05) is 34.1 Å². The zero-order valence-corrected chi connectivity index (χ0v) is 21.0. The summed E-state index contributed by atoms with van der Waals surface area (Å²) in [7, 11) is 0. The first-order chi connectivity index (χ1) is 18.0. The maximum absolute atomic E-state index is 14.1. The summed E-state index contributed by atoms with van der Waals surface area (Å²) in [6.07, 6.45) is 2.71. The Balaban J connectivity index is 1.01. The maximum atomic E-state index is 14.1. The van der Waals surface area contributed by atoms with E-state index in [0.717, 1.165) is 51.0 Å². The highest BCUT2D eigenvalue weighted by molar-refractivity contribution is 5.95. The normalized spacial score (nSPS) is 20.7. The van der Waals surface area contributed by atoms with Gasteiger partial charge < -0.3 is 14.7 Å². The van der Waals surface area contributed by atoms with E-state index in [1.165, 1.54) is 11.8 Å². The molecule has 3 aromatic carbocycles. The predicted octanol–water partition coefficient (Wildman–Crippen LogP) is 5.08. The lowest BCUT2D eigenvalue weighted by Gasteiger charge is -2.37. The van der Waals surface area contributed by atoms with Crippen molar-refractivity contribution in [3.63, 3.8) is 0 Å². The van der Waals surface area contributed by atoms with Gasteiger partial charge in [-0.1, -0.05) is 48.5 Å². The fourth-order valence-electron chi connectivity index (χ4n) is 6.12. The minimum absolute atomic E-state index is 0.00972. The van der Waals surface area contributed by atoms with Gasteiger partial charge in [-0.3, -0.25) is 9.59 Å². The zero-order valence-electron chi connectivity index (χ0n) is 21.0. The third kappa shape index (κ3) is 4.61. The van der Waals surface area contributed by atoms with E-state index in [1.54, 1.807) is 24.3 Å². The lowest BCUT2D eigenvalue weighted by molar-refractivity contribution is -0.134. The van der Waals surface area contributed by atoms with Crippen LogP contribution >= 0.6 is 0 Å². The molecule has 3 fully saturated rings. The Morgan fingerprint density at radius 1 is 0.730 bits per heavy atom. The van der Waals surface area contributed by atoms with Gasteiger partial charge in [0.05, 0.1) is 0 Å². The van der Waals surface area contributed by atoms with E-state index in [9.17, 15) is 14.0 Å². The lowest BCUT2D eigenvalue weighted by Crippen LogP contribution is -2.50. The van der Waals surface area contributed by atoms with Crippen molar-refractivity contribution >= 4 is 17.5 Å². The minimum Gasteiger partial charge on any atom is -0.368 e. The standard InChI is InChI=1S/C31H32FN3O2/c32-28-9-5-4-8-26(28)23-10-12-24(13-11-23)29(36)34-16-14-31(15-17-34)22-27(31)30(37)35-20-18-33(19-21-35)25-6-2-1-3-7-25/h1-13,27H,14-22H2. The van der Waals surface area contributed by atoms with Crippen LogP contribution in [-0.2, 0) is 4.79 Å². The van der Waals surface area contributed by atoms with Gasteiger partial charge in [-0.05, 0) is 60.6 Å². The molecule has 37 heavy (non-hydrogen) atoms. The van der Waals surface area contributed by atoms with Crippen LogP contribution in [0.25, 0.3) is 11.1 Å². The second kappa shape index (κ2) is 9.66. The first-order valence-corrected chi connectivity index (χ1v) is 13.3. The van der Waals surface area contributed by atoms with Crippen LogP contribution in [0.4, 0.5) is 10.1 Å². The first-order valence-electron chi connectivity index (χ1n) is 13.3. The number of carbonyl (C=O) groups excluding carboxylic acids is 2. The number of carbonyl (C=O) groups is 2. The third-order valence-corrected chi connectivity index (χ3v) is 8.56. The molecule has 1 saturated carbocycles. The number of hydrogen-bond acceptors (Lipinski definition) is 3. The predicted molar refractivity (Wildman–Crippen MR) is 143 cm³/mol. The van der Waals surface area contributed by atoms with Crippen LogP contribution in [0.3, 0.4) is 0 Å². The summed E-state index contributed by atoms with van der Waals surface area (Å²) >= 11 is 0. The first kappa shape index (κ1) is 23.7. The molecule has 6 rings (SSSR count). The van der Waals surface area contributed by atoms with E-state index in [-0.39, 0.29) is 23.1 Å². The van der Waals surface area contributed by atoms with Crippen LogP contribution in [0.15, 0.2) is 78.9 Å². The monoisotopic (exact) mass is 497 g/mol. The quantitative estimate of drug-likeness (QED) is 0.505. The molecule has 190 valence electrons. The Bertz CT molecular complexity index is 1280. The van der Waals surface area contributed by atoms with Gasteiger partial charge >= 0.3 is 0 Å². The second-order valence-corrected chi connectivity index (χ2v) is 10.6. The average Bonchev–Trinajstić information content (AvgIpc) is 3.66. The Morgan fingerprint density at radius 2 is 1.38 bits per heavy atom. The summed E-state index contributed by atoms with van der Waals surface area (Å²) in [5.74, 6) is 0.148. The van der Waals surface area contributed by atoms with E-state index < -0.39 is 0 Å². The fourth-order valence-corrected chi connectivity index (χ4v) is 6.12. The summed E-state index contributed by atoms with van der Waals surface area (Å²) in [6.45, 7) is 4.64. The molecule has 3 aromatic rings. The van der Waals surface area contributed by atoms with Crippen molar-refractivity contribution in [2.75, 3.05) is 44.2 Å². The van der Waals surface area contributed by atoms with Crippen LogP contribution < -0.4 is 4.90 Å². The van der Waals surface area contributed by atoms with Crippen molar-refractivity contribution in [1.82, 2.24) is 9.80 Å². The van der Waals surface area contributed by atoms with Gasteiger partial charge in [0.25, 0.3) is 5.91 Å². The average molecular weight is 498 g/mol. The highest BCUT2D eigenvalue weighted by Gasteiger charge is 2.59. The van der Waals surface area contributed by atoms with Crippen molar-refractivity contribution in [1.29, 1.82) is 0 Å². The van der Waals surface area contributed by atoms with Gasteiger partial charge in [-0.15, -0.1) is 0 Å². The number of amides is 2. The topological polar surface area (TPSA) is 43.9 Å². The number of nitrogens with zero attached hydrogens (tertiary/aromatic N) is 3. The molecule has 0 N–H and O–H groups in total. The zero-order chi connectivity index (χ0) is 25.4. The van der Waals surface area contributed by atoms with E-state index in [0.29, 0.717) is 30.1 Å². The Hall–Kier alpha value is -3.67. The van der Waals surface area contributed by atoms with E-state index in [2.05, 4.69) is 29.2 Å². The van der Waals surface area contributed by atoms with Gasteiger partial charge in [0, 0.05) is 62.0 Å². The fraction of sp³-hybridized carbons (Fsp3) is 0.355.